The molecule has 0 bridgehead atoms. The minimum absolute atomic E-state index is 0.0274. The maximum Gasteiger partial charge on any atom is 0.266 e. The summed E-state index contributed by atoms with van der Waals surface area (Å²) in [5, 5.41) is 1.11. The Hall–Kier alpha value is -1.92. The number of amides is 1. The summed E-state index contributed by atoms with van der Waals surface area (Å²) in [6.45, 7) is 9.15. The smallest absolute Gasteiger partial charge is 0.266 e. The summed E-state index contributed by atoms with van der Waals surface area (Å²) in [4.78, 5) is 22.9. The van der Waals surface area contributed by atoms with Gasteiger partial charge in [0.05, 0.1) is 10.4 Å². The number of thioether (sulfide) groups is 1. The van der Waals surface area contributed by atoms with E-state index in [4.69, 9.17) is 17.2 Å². The van der Waals surface area contributed by atoms with Gasteiger partial charge in [-0.25, -0.2) is 4.98 Å². The molecule has 0 radical (unpaired) electrons. The summed E-state index contributed by atoms with van der Waals surface area (Å²) in [6.07, 6.45) is 6.60. The molecule has 30 heavy (non-hydrogen) atoms. The predicted molar refractivity (Wildman–Crippen MR) is 132 cm³/mol. The van der Waals surface area contributed by atoms with Gasteiger partial charge in [-0.2, -0.15) is 0 Å². The predicted octanol–water partition coefficient (Wildman–Crippen LogP) is 5.78. The third kappa shape index (κ3) is 4.54. The second kappa shape index (κ2) is 9.06. The van der Waals surface area contributed by atoms with Crippen LogP contribution in [0.4, 0.5) is 5.82 Å². The third-order valence-electron chi connectivity index (χ3n) is 5.72. The van der Waals surface area contributed by atoms with E-state index in [0.717, 1.165) is 41.8 Å². The van der Waals surface area contributed by atoms with Crippen LogP contribution in [0, 0.1) is 12.8 Å². The maximum absolute atomic E-state index is 13.1. The Kier molecular flexibility index (Phi) is 6.44. The fourth-order valence-electron chi connectivity index (χ4n) is 3.99. The van der Waals surface area contributed by atoms with Crippen molar-refractivity contribution < 1.29 is 4.79 Å². The number of fused-ring (bicyclic) bond motifs is 1. The number of nitrogens with zero attached hydrogens (tertiary/aromatic N) is 3. The van der Waals surface area contributed by atoms with E-state index >= 15 is 0 Å². The molecule has 0 N–H and O–H groups in total. The summed E-state index contributed by atoms with van der Waals surface area (Å²) in [5.41, 5.74) is 3.23. The number of piperidine rings is 1. The lowest BCUT2D eigenvalue weighted by atomic mass is 10.1. The number of benzene rings is 1. The number of carbonyl (C=O) groups is 1. The Morgan fingerprint density at radius 1 is 1.20 bits per heavy atom. The molecule has 0 spiro atoms. The molecule has 1 amide bonds. The van der Waals surface area contributed by atoms with Crippen LogP contribution in [0.3, 0.4) is 0 Å². The lowest BCUT2D eigenvalue weighted by molar-refractivity contribution is -0.122. The summed E-state index contributed by atoms with van der Waals surface area (Å²) >= 11 is 6.93. The molecule has 0 atom stereocenters. The zero-order chi connectivity index (χ0) is 21.3. The summed E-state index contributed by atoms with van der Waals surface area (Å²) in [6, 6.07) is 8.54. The Morgan fingerprint density at radius 2 is 1.97 bits per heavy atom. The summed E-state index contributed by atoms with van der Waals surface area (Å²) in [5.74, 6) is 1.55. The van der Waals surface area contributed by atoms with E-state index in [1.807, 2.05) is 6.08 Å². The van der Waals surface area contributed by atoms with E-state index < -0.39 is 0 Å². The van der Waals surface area contributed by atoms with Crippen molar-refractivity contribution >= 4 is 57.0 Å². The van der Waals surface area contributed by atoms with Gasteiger partial charge in [0.15, 0.2) is 0 Å². The number of pyridine rings is 1. The second-order valence-electron chi connectivity index (χ2n) is 8.66. The van der Waals surface area contributed by atoms with Crippen molar-refractivity contribution in [2.75, 3.05) is 24.5 Å². The largest absolute Gasteiger partial charge is 0.356 e. The first-order chi connectivity index (χ1) is 14.4. The highest BCUT2D eigenvalue weighted by Gasteiger charge is 2.32. The number of carbonyl (C=O) groups excluding carboxylic acids is 1. The second-order valence-corrected chi connectivity index (χ2v) is 10.3. The molecule has 6 heteroatoms. The molecule has 2 aliphatic rings. The normalized spacial score (nSPS) is 19.0. The maximum atomic E-state index is 13.1. The molecule has 1 aromatic heterocycles. The number of aromatic nitrogens is 1. The number of hydrogen-bond donors (Lipinski definition) is 0. The van der Waals surface area contributed by atoms with Crippen molar-refractivity contribution in [2.45, 2.75) is 46.5 Å². The van der Waals surface area contributed by atoms with Crippen molar-refractivity contribution in [1.82, 2.24) is 9.88 Å². The van der Waals surface area contributed by atoms with Crippen LogP contribution in [0.25, 0.3) is 17.0 Å². The minimum atomic E-state index is 0.0274. The van der Waals surface area contributed by atoms with E-state index in [-0.39, 0.29) is 5.91 Å². The van der Waals surface area contributed by atoms with Gasteiger partial charge in [-0.1, -0.05) is 49.5 Å². The molecule has 0 saturated carbocycles. The van der Waals surface area contributed by atoms with Gasteiger partial charge < -0.3 is 4.90 Å². The lowest BCUT2D eigenvalue weighted by Crippen LogP contribution is -2.31. The van der Waals surface area contributed by atoms with Crippen LogP contribution in [0.15, 0.2) is 29.2 Å². The molecule has 158 valence electrons. The number of hydrogen-bond acceptors (Lipinski definition) is 5. The highest BCUT2D eigenvalue weighted by atomic mass is 32.2. The lowest BCUT2D eigenvalue weighted by Gasteiger charge is -2.29. The van der Waals surface area contributed by atoms with Crippen LogP contribution in [-0.4, -0.2) is 39.7 Å². The van der Waals surface area contributed by atoms with Crippen molar-refractivity contribution in [2.24, 2.45) is 5.92 Å². The topological polar surface area (TPSA) is 36.4 Å². The Bertz CT molecular complexity index is 1010. The van der Waals surface area contributed by atoms with Crippen molar-refractivity contribution in [3.8, 4) is 0 Å². The SMILES string of the molecule is Cc1ccc2nc(N3CCCCC3)c(/C=C3\SC(=S)N(CCC(C)C)C3=O)cc2c1. The van der Waals surface area contributed by atoms with E-state index in [2.05, 4.69) is 49.9 Å². The van der Waals surface area contributed by atoms with Gasteiger partial charge in [0.2, 0.25) is 0 Å². The first kappa shape index (κ1) is 21.3. The first-order valence-corrected chi connectivity index (χ1v) is 12.1. The molecule has 3 heterocycles. The van der Waals surface area contributed by atoms with Gasteiger partial charge in [0.1, 0.15) is 10.1 Å². The monoisotopic (exact) mass is 439 g/mol. The molecule has 2 saturated heterocycles. The third-order valence-corrected chi connectivity index (χ3v) is 7.10. The van der Waals surface area contributed by atoms with Crippen LogP contribution in [-0.2, 0) is 4.79 Å². The van der Waals surface area contributed by atoms with Gasteiger partial charge in [0, 0.05) is 30.6 Å². The van der Waals surface area contributed by atoms with Gasteiger partial charge in [-0.05, 0) is 62.8 Å². The van der Waals surface area contributed by atoms with E-state index in [9.17, 15) is 4.79 Å². The standard InChI is InChI=1S/C24H29N3OS2/c1-16(2)9-12-27-23(28)21(30-24(27)29)15-19-14-18-13-17(3)7-8-20(18)25-22(19)26-10-5-4-6-11-26/h7-8,13-16H,4-6,9-12H2,1-3H3/b21-15-. The molecule has 2 aromatic rings. The Labute approximate surface area is 188 Å². The van der Waals surface area contributed by atoms with E-state index in [0.29, 0.717) is 21.7 Å². The molecule has 2 aliphatic heterocycles. The number of aryl methyl sites for hydroxylation is 1. The van der Waals surface area contributed by atoms with Crippen LogP contribution >= 0.6 is 24.0 Å². The highest BCUT2D eigenvalue weighted by molar-refractivity contribution is 8.26. The minimum Gasteiger partial charge on any atom is -0.356 e. The molecule has 4 rings (SSSR count). The van der Waals surface area contributed by atoms with E-state index in [1.54, 1.807) is 4.90 Å². The molecule has 1 aromatic carbocycles. The van der Waals surface area contributed by atoms with Crippen LogP contribution in [0.5, 0.6) is 0 Å². The Morgan fingerprint density at radius 3 is 2.70 bits per heavy atom. The number of thiocarbonyl (C=S) groups is 1. The van der Waals surface area contributed by atoms with Gasteiger partial charge in [-0.15, -0.1) is 0 Å². The zero-order valence-electron chi connectivity index (χ0n) is 18.0. The Balaban J connectivity index is 1.73. The molecule has 2 fully saturated rings. The van der Waals surface area contributed by atoms with Crippen LogP contribution in [0.1, 0.15) is 50.7 Å². The zero-order valence-corrected chi connectivity index (χ0v) is 19.6. The average molecular weight is 440 g/mol. The number of rotatable bonds is 5. The highest BCUT2D eigenvalue weighted by Crippen LogP contribution is 2.36. The fourth-order valence-corrected chi connectivity index (χ4v) is 5.29. The van der Waals surface area contributed by atoms with Crippen molar-refractivity contribution in [3.63, 3.8) is 0 Å². The quantitative estimate of drug-likeness (QED) is 0.436. The van der Waals surface area contributed by atoms with Crippen LogP contribution < -0.4 is 4.90 Å². The molecule has 0 aliphatic carbocycles. The molecular weight excluding hydrogens is 410 g/mol. The average Bonchev–Trinajstić information content (AvgIpc) is 2.99. The summed E-state index contributed by atoms with van der Waals surface area (Å²) in [7, 11) is 0. The molecule has 0 unspecified atom stereocenters. The van der Waals surface area contributed by atoms with Gasteiger partial charge in [0.25, 0.3) is 5.91 Å². The fraction of sp³-hybridized carbons (Fsp3) is 0.458. The van der Waals surface area contributed by atoms with Crippen LogP contribution in [0.2, 0.25) is 0 Å². The van der Waals surface area contributed by atoms with Crippen molar-refractivity contribution in [1.29, 1.82) is 0 Å². The van der Waals surface area contributed by atoms with E-state index in [1.165, 1.54) is 36.6 Å². The van der Waals surface area contributed by atoms with Gasteiger partial charge in [-0.3, -0.25) is 9.69 Å². The molecular formula is C24H29N3OS2. The number of anilines is 1. The van der Waals surface area contributed by atoms with Crippen molar-refractivity contribution in [3.05, 3.63) is 40.3 Å². The molecule has 4 nitrogen and oxygen atoms in total. The summed E-state index contributed by atoms with van der Waals surface area (Å²) < 4.78 is 0.663. The first-order valence-electron chi connectivity index (χ1n) is 10.8. The van der Waals surface area contributed by atoms with Gasteiger partial charge >= 0.3 is 0 Å².